The van der Waals surface area contributed by atoms with Crippen LogP contribution in [0.25, 0.3) is 0 Å². The minimum atomic E-state index is -4.41. The first-order chi connectivity index (χ1) is 11.4. The number of carbonyl (C=O) groups excluding carboxylic acids is 1. The lowest BCUT2D eigenvalue weighted by atomic mass is 10.1. The van der Waals surface area contributed by atoms with Gasteiger partial charge in [0.25, 0.3) is 0 Å². The van der Waals surface area contributed by atoms with Crippen molar-refractivity contribution in [1.82, 2.24) is 10.2 Å². The summed E-state index contributed by atoms with van der Waals surface area (Å²) in [4.78, 5) is 13.6. The van der Waals surface area contributed by atoms with E-state index in [0.717, 1.165) is 11.6 Å². The molecule has 24 heavy (non-hydrogen) atoms. The van der Waals surface area contributed by atoms with Crippen molar-refractivity contribution in [1.29, 1.82) is 0 Å². The molecule has 1 aromatic carbocycles. The van der Waals surface area contributed by atoms with E-state index in [2.05, 4.69) is 5.32 Å². The van der Waals surface area contributed by atoms with Crippen LogP contribution < -0.4 is 5.32 Å². The maximum absolute atomic E-state index is 13.1. The van der Waals surface area contributed by atoms with Crippen LogP contribution in [0.2, 0.25) is 0 Å². The topological polar surface area (TPSA) is 32.3 Å². The summed E-state index contributed by atoms with van der Waals surface area (Å²) in [5.41, 5.74) is 0.609. The van der Waals surface area contributed by atoms with E-state index in [0.29, 0.717) is 19.5 Å². The van der Waals surface area contributed by atoms with Crippen molar-refractivity contribution < 1.29 is 18.0 Å². The first kappa shape index (κ1) is 17.0. The number of amides is 1. The van der Waals surface area contributed by atoms with Gasteiger partial charge >= 0.3 is 6.18 Å². The van der Waals surface area contributed by atoms with Crippen LogP contribution in [-0.2, 0) is 24.1 Å². The molecule has 3 nitrogen and oxygen atoms in total. The van der Waals surface area contributed by atoms with Gasteiger partial charge in [0.2, 0.25) is 5.91 Å². The quantitative estimate of drug-likeness (QED) is 0.889. The summed E-state index contributed by atoms with van der Waals surface area (Å²) < 4.78 is 39.2. The molecule has 1 amide bonds. The Balaban J connectivity index is 1.63. The van der Waals surface area contributed by atoms with E-state index < -0.39 is 11.7 Å². The molecule has 0 bridgehead atoms. The fourth-order valence-corrected chi connectivity index (χ4v) is 3.53. The Morgan fingerprint density at radius 2 is 2.04 bits per heavy atom. The van der Waals surface area contributed by atoms with E-state index in [-0.39, 0.29) is 24.1 Å². The number of alkyl halides is 3. The number of hydrogen-bond donors (Lipinski definition) is 1. The summed E-state index contributed by atoms with van der Waals surface area (Å²) >= 11 is 1.60. The van der Waals surface area contributed by atoms with Crippen LogP contribution in [0.1, 0.15) is 23.1 Å². The van der Waals surface area contributed by atoms with Gasteiger partial charge in [-0.1, -0.05) is 18.2 Å². The van der Waals surface area contributed by atoms with Gasteiger partial charge in [-0.2, -0.15) is 24.5 Å². The lowest BCUT2D eigenvalue weighted by Crippen LogP contribution is -2.32. The van der Waals surface area contributed by atoms with Gasteiger partial charge in [0, 0.05) is 32.1 Å². The third kappa shape index (κ3) is 3.96. The number of thiophene rings is 1. The third-order valence-corrected chi connectivity index (χ3v) is 4.81. The predicted molar refractivity (Wildman–Crippen MR) is 86.4 cm³/mol. The number of hydrogen-bond acceptors (Lipinski definition) is 3. The molecule has 1 saturated heterocycles. The smallest absolute Gasteiger partial charge is 0.337 e. The summed E-state index contributed by atoms with van der Waals surface area (Å²) in [5.74, 6) is -0.116. The first-order valence-electron chi connectivity index (χ1n) is 7.61. The number of benzene rings is 1. The number of nitrogens with one attached hydrogen (secondary N) is 1. The molecule has 128 valence electrons. The summed E-state index contributed by atoms with van der Waals surface area (Å²) in [6, 6.07) is 7.40. The molecule has 2 heterocycles. The highest BCUT2D eigenvalue weighted by molar-refractivity contribution is 7.07. The number of carbonyl (C=O) groups is 1. The van der Waals surface area contributed by atoms with Gasteiger partial charge in [-0.3, -0.25) is 4.79 Å². The van der Waals surface area contributed by atoms with Gasteiger partial charge in [-0.15, -0.1) is 0 Å². The molecule has 1 fully saturated rings. The second-order valence-electron chi connectivity index (χ2n) is 5.84. The maximum atomic E-state index is 13.1. The summed E-state index contributed by atoms with van der Waals surface area (Å²) in [6.07, 6.45) is -4.09. The SMILES string of the molecule is O=C1CC(NCc2ccsc2)CN1Cc1ccccc1C(F)(F)F. The number of likely N-dealkylation sites (tertiary alicyclic amines) is 1. The molecule has 3 rings (SSSR count). The molecule has 1 unspecified atom stereocenters. The number of rotatable bonds is 5. The normalized spacial score (nSPS) is 18.4. The Labute approximate surface area is 142 Å². The minimum Gasteiger partial charge on any atom is -0.337 e. The molecular weight excluding hydrogens is 337 g/mol. The Morgan fingerprint density at radius 1 is 1.25 bits per heavy atom. The van der Waals surface area contributed by atoms with Gasteiger partial charge in [-0.25, -0.2) is 0 Å². The largest absolute Gasteiger partial charge is 0.416 e. The van der Waals surface area contributed by atoms with Crippen molar-refractivity contribution in [2.24, 2.45) is 0 Å². The van der Waals surface area contributed by atoms with E-state index in [1.165, 1.54) is 17.0 Å². The molecule has 0 saturated carbocycles. The molecule has 1 aliphatic heterocycles. The van der Waals surface area contributed by atoms with E-state index >= 15 is 0 Å². The van der Waals surface area contributed by atoms with Gasteiger partial charge in [0.05, 0.1) is 5.56 Å². The Bertz CT molecular complexity index is 700. The van der Waals surface area contributed by atoms with E-state index in [1.54, 1.807) is 17.4 Å². The first-order valence-corrected chi connectivity index (χ1v) is 8.55. The van der Waals surface area contributed by atoms with E-state index in [1.807, 2.05) is 16.8 Å². The van der Waals surface area contributed by atoms with Crippen LogP contribution >= 0.6 is 11.3 Å². The van der Waals surface area contributed by atoms with Gasteiger partial charge in [0.1, 0.15) is 0 Å². The number of nitrogens with zero attached hydrogens (tertiary/aromatic N) is 1. The van der Waals surface area contributed by atoms with Crippen LogP contribution in [0.5, 0.6) is 0 Å². The standard InChI is InChI=1S/C17H17F3N2OS/c18-17(19,20)15-4-2-1-3-13(15)9-22-10-14(7-16(22)23)21-8-12-5-6-24-11-12/h1-6,11,14,21H,7-10H2. The maximum Gasteiger partial charge on any atom is 0.416 e. The van der Waals surface area contributed by atoms with Crippen LogP contribution in [0.15, 0.2) is 41.1 Å². The second-order valence-corrected chi connectivity index (χ2v) is 6.62. The Morgan fingerprint density at radius 3 is 2.75 bits per heavy atom. The highest BCUT2D eigenvalue weighted by Crippen LogP contribution is 2.32. The molecule has 7 heteroatoms. The van der Waals surface area contributed by atoms with E-state index in [9.17, 15) is 18.0 Å². The average molecular weight is 354 g/mol. The molecule has 0 spiro atoms. The van der Waals surface area contributed by atoms with Crippen molar-refractivity contribution in [3.05, 3.63) is 57.8 Å². The summed E-state index contributed by atoms with van der Waals surface area (Å²) in [5, 5.41) is 7.31. The van der Waals surface area contributed by atoms with Crippen LogP contribution in [-0.4, -0.2) is 23.4 Å². The molecule has 2 aromatic rings. The lowest BCUT2D eigenvalue weighted by Gasteiger charge is -2.20. The fraction of sp³-hybridized carbons (Fsp3) is 0.353. The molecule has 1 aliphatic rings. The summed E-state index contributed by atoms with van der Waals surface area (Å²) in [7, 11) is 0. The second kappa shape index (κ2) is 6.94. The number of halogens is 3. The molecule has 1 aromatic heterocycles. The van der Waals surface area contributed by atoms with Crippen molar-refractivity contribution in [3.63, 3.8) is 0 Å². The molecule has 1 atom stereocenters. The highest BCUT2D eigenvalue weighted by Gasteiger charge is 2.35. The van der Waals surface area contributed by atoms with Crippen LogP contribution in [0.3, 0.4) is 0 Å². The zero-order valence-electron chi connectivity index (χ0n) is 12.8. The van der Waals surface area contributed by atoms with Gasteiger partial charge < -0.3 is 10.2 Å². The summed E-state index contributed by atoms with van der Waals surface area (Å²) in [6.45, 7) is 1.08. The average Bonchev–Trinajstić information content (AvgIpc) is 3.15. The monoisotopic (exact) mass is 354 g/mol. The van der Waals surface area contributed by atoms with Gasteiger partial charge in [0.15, 0.2) is 0 Å². The fourth-order valence-electron chi connectivity index (χ4n) is 2.86. The Kier molecular flexibility index (Phi) is 4.91. The van der Waals surface area contributed by atoms with Crippen molar-refractivity contribution in [2.45, 2.75) is 31.7 Å². The highest BCUT2D eigenvalue weighted by atomic mass is 32.1. The molecule has 0 aliphatic carbocycles. The molecule has 1 N–H and O–H groups in total. The van der Waals surface area contributed by atoms with E-state index in [4.69, 9.17) is 0 Å². The predicted octanol–water partition coefficient (Wildman–Crippen LogP) is 3.66. The van der Waals surface area contributed by atoms with Crippen molar-refractivity contribution in [2.75, 3.05) is 6.54 Å². The van der Waals surface area contributed by atoms with Gasteiger partial charge in [-0.05, 0) is 34.0 Å². The van der Waals surface area contributed by atoms with Crippen LogP contribution in [0.4, 0.5) is 13.2 Å². The zero-order chi connectivity index (χ0) is 17.2. The Hall–Kier alpha value is -1.86. The minimum absolute atomic E-state index is 0.00878. The van der Waals surface area contributed by atoms with Crippen molar-refractivity contribution >= 4 is 17.2 Å². The molecular formula is C17H17F3N2OS. The van der Waals surface area contributed by atoms with Crippen molar-refractivity contribution in [3.8, 4) is 0 Å². The van der Waals surface area contributed by atoms with Crippen LogP contribution in [0, 0.1) is 0 Å². The molecule has 0 radical (unpaired) electrons. The zero-order valence-corrected chi connectivity index (χ0v) is 13.7. The third-order valence-electron chi connectivity index (χ3n) is 4.07. The lowest BCUT2D eigenvalue weighted by molar-refractivity contribution is -0.139.